The van der Waals surface area contributed by atoms with Crippen LogP contribution in [-0.2, 0) is 17.2 Å². The van der Waals surface area contributed by atoms with Gasteiger partial charge < -0.3 is 0 Å². The summed E-state index contributed by atoms with van der Waals surface area (Å²) < 4.78 is 52.5. The smallest absolute Gasteiger partial charge is 0.250 e. The summed E-state index contributed by atoms with van der Waals surface area (Å²) in [6, 6.07) is 1.28. The van der Waals surface area contributed by atoms with Crippen molar-refractivity contribution in [1.82, 2.24) is 4.98 Å². The first kappa shape index (κ1) is 16.1. The Kier molecular flexibility index (Phi) is 4.73. The molecule has 1 rings (SSSR count). The Labute approximate surface area is 116 Å². The summed E-state index contributed by atoms with van der Waals surface area (Å²) in [4.78, 5) is 3.19. The first-order valence-electron chi connectivity index (χ1n) is 5.21. The molecular formula is C11H12ClF3N2OS. The Morgan fingerprint density at radius 2 is 1.95 bits per heavy atom. The topological polar surface area (TPSA) is 42.3 Å². The molecule has 8 heteroatoms. The van der Waals surface area contributed by atoms with Crippen LogP contribution < -0.4 is 0 Å². The Bertz CT molecular complexity index is 524. The molecule has 1 atom stereocenters. The number of hydrogen-bond donors (Lipinski definition) is 0. The molecule has 1 aromatic heterocycles. The molecule has 19 heavy (non-hydrogen) atoms. The van der Waals surface area contributed by atoms with E-state index in [4.69, 9.17) is 11.6 Å². The van der Waals surface area contributed by atoms with Crippen LogP contribution in [0.1, 0.15) is 32.0 Å². The SMILES string of the molecule is CC(C)(C)S(=O)N=Cc1ccnc(C(F)(F)F)c1Cl. The number of hydrogen-bond acceptors (Lipinski definition) is 2. The van der Waals surface area contributed by atoms with Gasteiger partial charge >= 0.3 is 6.18 Å². The van der Waals surface area contributed by atoms with E-state index >= 15 is 0 Å². The molecule has 0 aliphatic carbocycles. The van der Waals surface area contributed by atoms with Crippen LogP contribution in [0, 0.1) is 0 Å². The fraction of sp³-hybridized carbons (Fsp3) is 0.455. The quantitative estimate of drug-likeness (QED) is 0.782. The molecule has 0 aromatic carbocycles. The Hall–Kier alpha value is -0.950. The van der Waals surface area contributed by atoms with E-state index in [2.05, 4.69) is 9.38 Å². The largest absolute Gasteiger partial charge is 0.434 e. The lowest BCUT2D eigenvalue weighted by atomic mass is 10.2. The summed E-state index contributed by atoms with van der Waals surface area (Å²) in [6.45, 7) is 5.11. The van der Waals surface area contributed by atoms with Crippen LogP contribution in [0.5, 0.6) is 0 Å². The van der Waals surface area contributed by atoms with Gasteiger partial charge in [0.25, 0.3) is 0 Å². The second kappa shape index (κ2) is 5.58. The van der Waals surface area contributed by atoms with Crippen molar-refractivity contribution in [2.75, 3.05) is 0 Å². The zero-order chi connectivity index (χ0) is 14.8. The van der Waals surface area contributed by atoms with Crippen molar-refractivity contribution in [2.24, 2.45) is 4.40 Å². The van der Waals surface area contributed by atoms with Crippen molar-refractivity contribution in [1.29, 1.82) is 0 Å². The van der Waals surface area contributed by atoms with Crippen molar-refractivity contribution in [3.63, 3.8) is 0 Å². The van der Waals surface area contributed by atoms with E-state index in [-0.39, 0.29) is 5.56 Å². The van der Waals surface area contributed by atoms with Gasteiger partial charge in [-0.15, -0.1) is 0 Å². The van der Waals surface area contributed by atoms with Crippen molar-refractivity contribution < 1.29 is 17.4 Å². The van der Waals surface area contributed by atoms with Crippen LogP contribution in [-0.4, -0.2) is 20.2 Å². The minimum absolute atomic E-state index is 0.0293. The van der Waals surface area contributed by atoms with Gasteiger partial charge in [-0.05, 0) is 26.8 Å². The molecule has 0 aliphatic heterocycles. The average Bonchev–Trinajstić information content (AvgIpc) is 2.24. The van der Waals surface area contributed by atoms with Crippen LogP contribution >= 0.6 is 11.6 Å². The molecule has 0 amide bonds. The van der Waals surface area contributed by atoms with E-state index in [1.807, 2.05) is 0 Å². The summed E-state index contributed by atoms with van der Waals surface area (Å²) in [5, 5.41) is -0.551. The molecule has 0 radical (unpaired) electrons. The van der Waals surface area contributed by atoms with Crippen molar-refractivity contribution >= 4 is 28.8 Å². The van der Waals surface area contributed by atoms with Gasteiger partial charge in [0.15, 0.2) is 5.69 Å². The van der Waals surface area contributed by atoms with E-state index in [1.54, 1.807) is 20.8 Å². The predicted molar refractivity (Wildman–Crippen MR) is 69.7 cm³/mol. The molecule has 0 aliphatic rings. The number of nitrogens with zero attached hydrogens (tertiary/aromatic N) is 2. The third-order valence-corrected chi connectivity index (χ3v) is 3.74. The molecule has 1 aromatic rings. The maximum absolute atomic E-state index is 12.6. The second-order valence-electron chi connectivity index (χ2n) is 4.66. The first-order valence-corrected chi connectivity index (χ1v) is 6.69. The summed E-state index contributed by atoms with van der Waals surface area (Å²) in [6.07, 6.45) is -2.58. The lowest BCUT2D eigenvalue weighted by Crippen LogP contribution is -2.19. The Morgan fingerprint density at radius 3 is 2.42 bits per heavy atom. The molecule has 1 heterocycles. The number of halogens is 4. The van der Waals surface area contributed by atoms with Gasteiger partial charge in [-0.3, -0.25) is 4.98 Å². The van der Waals surface area contributed by atoms with Gasteiger partial charge in [0.05, 0.1) is 9.77 Å². The van der Waals surface area contributed by atoms with E-state index in [0.717, 1.165) is 12.4 Å². The molecule has 1 unspecified atom stereocenters. The van der Waals surface area contributed by atoms with Crippen LogP contribution in [0.4, 0.5) is 13.2 Å². The standard InChI is InChI=1S/C11H12ClF3N2OS/c1-10(2,3)19(18)17-6-7-4-5-16-9(8(7)12)11(13,14)15/h4-6H,1-3H3. The van der Waals surface area contributed by atoms with Gasteiger partial charge in [0, 0.05) is 18.0 Å². The third kappa shape index (κ3) is 4.28. The van der Waals surface area contributed by atoms with Crippen molar-refractivity contribution in [2.45, 2.75) is 31.7 Å². The van der Waals surface area contributed by atoms with Gasteiger partial charge in [0.2, 0.25) is 0 Å². The summed E-state index contributed by atoms with van der Waals surface area (Å²) in [5.74, 6) is 0. The minimum atomic E-state index is -4.63. The van der Waals surface area contributed by atoms with Crippen molar-refractivity contribution in [3.05, 3.63) is 28.5 Å². The Balaban J connectivity index is 3.11. The van der Waals surface area contributed by atoms with Gasteiger partial charge in [-0.2, -0.15) is 17.6 Å². The number of rotatable bonds is 2. The highest BCUT2D eigenvalue weighted by Gasteiger charge is 2.35. The first-order chi connectivity index (χ1) is 8.53. The van der Waals surface area contributed by atoms with Crippen molar-refractivity contribution in [3.8, 4) is 0 Å². The maximum Gasteiger partial charge on any atom is 0.434 e. The van der Waals surface area contributed by atoms with E-state index in [9.17, 15) is 17.4 Å². The number of pyridine rings is 1. The molecule has 3 nitrogen and oxygen atoms in total. The fourth-order valence-electron chi connectivity index (χ4n) is 1.02. The Morgan fingerprint density at radius 1 is 1.37 bits per heavy atom. The molecule has 0 bridgehead atoms. The van der Waals surface area contributed by atoms with E-state index in [0.29, 0.717) is 0 Å². The molecule has 0 fully saturated rings. The molecule has 0 spiro atoms. The van der Waals surface area contributed by atoms with E-state index in [1.165, 1.54) is 6.07 Å². The highest BCUT2D eigenvalue weighted by atomic mass is 35.5. The lowest BCUT2D eigenvalue weighted by molar-refractivity contribution is -0.141. The van der Waals surface area contributed by atoms with E-state index < -0.39 is 32.6 Å². The van der Waals surface area contributed by atoms with Gasteiger partial charge in [-0.1, -0.05) is 11.6 Å². The fourth-order valence-corrected chi connectivity index (χ4v) is 1.81. The third-order valence-electron chi connectivity index (χ3n) is 2.00. The zero-order valence-electron chi connectivity index (χ0n) is 10.5. The zero-order valence-corrected chi connectivity index (χ0v) is 12.0. The molecule has 0 N–H and O–H groups in total. The lowest BCUT2D eigenvalue weighted by Gasteiger charge is -2.13. The normalized spacial score (nSPS) is 14.9. The summed E-state index contributed by atoms with van der Waals surface area (Å²) in [5.41, 5.74) is -1.15. The monoisotopic (exact) mass is 312 g/mol. The molecule has 106 valence electrons. The summed E-state index contributed by atoms with van der Waals surface area (Å²) in [7, 11) is -1.56. The summed E-state index contributed by atoms with van der Waals surface area (Å²) >= 11 is 5.62. The number of alkyl halides is 3. The number of aromatic nitrogens is 1. The highest BCUT2D eigenvalue weighted by molar-refractivity contribution is 7.85. The minimum Gasteiger partial charge on any atom is -0.250 e. The average molecular weight is 313 g/mol. The predicted octanol–water partition coefficient (Wildman–Crippen LogP) is 3.63. The van der Waals surface area contributed by atoms with Crippen LogP contribution in [0.3, 0.4) is 0 Å². The van der Waals surface area contributed by atoms with Crippen LogP contribution in [0.25, 0.3) is 0 Å². The van der Waals surface area contributed by atoms with Gasteiger partial charge in [-0.25, -0.2) is 4.21 Å². The molecular weight excluding hydrogens is 301 g/mol. The van der Waals surface area contributed by atoms with Crippen LogP contribution in [0.2, 0.25) is 5.02 Å². The maximum atomic E-state index is 12.6. The molecule has 0 saturated carbocycles. The highest BCUT2D eigenvalue weighted by Crippen LogP contribution is 2.34. The van der Waals surface area contributed by atoms with Crippen LogP contribution in [0.15, 0.2) is 16.7 Å². The van der Waals surface area contributed by atoms with Gasteiger partial charge in [0.1, 0.15) is 11.0 Å². The second-order valence-corrected chi connectivity index (χ2v) is 6.97. The molecule has 0 saturated heterocycles.